The number of nitrogens with one attached hydrogen (secondary N) is 1. The van der Waals surface area contributed by atoms with Gasteiger partial charge in [0.1, 0.15) is 24.1 Å². The van der Waals surface area contributed by atoms with Gasteiger partial charge in [0.05, 0.1) is 5.92 Å². The average Bonchev–Trinajstić information content (AvgIpc) is 3.49. The minimum absolute atomic E-state index is 0.0347. The molecule has 1 N–H and O–H groups in total. The standard InChI is InChI=1S/C27H25F5N4O3/c1-16-22(23(16)29)24(37)36(20-6-8-21(9-7-20)39-27(30,31)32)26(2,18-13-33-15-34-14-18)25(38)35-11-10-17-4-3-5-19(28)12-17/h3-9,12-16,22-23H,10-11H2,1-2H3,(H,35,38)/t16-,22-,23+,26+/m0/s1. The molecule has 12 heteroatoms. The number of aromatic nitrogens is 2. The van der Waals surface area contributed by atoms with Crippen LogP contribution in [0.5, 0.6) is 5.75 Å². The van der Waals surface area contributed by atoms with Crippen LogP contribution < -0.4 is 15.0 Å². The van der Waals surface area contributed by atoms with Gasteiger partial charge < -0.3 is 10.1 Å². The van der Waals surface area contributed by atoms with E-state index in [9.17, 15) is 31.5 Å². The lowest BCUT2D eigenvalue weighted by Gasteiger charge is -2.40. The molecule has 0 unspecified atom stereocenters. The van der Waals surface area contributed by atoms with Crippen LogP contribution in [0, 0.1) is 17.7 Å². The van der Waals surface area contributed by atoms with Crippen molar-refractivity contribution < 1.29 is 36.3 Å². The zero-order chi connectivity index (χ0) is 28.4. The lowest BCUT2D eigenvalue weighted by atomic mass is 9.89. The number of amides is 2. The first kappa shape index (κ1) is 27.9. The van der Waals surface area contributed by atoms with Crippen molar-refractivity contribution in [3.8, 4) is 5.75 Å². The second kappa shape index (κ2) is 11.0. The van der Waals surface area contributed by atoms with Crippen molar-refractivity contribution in [2.75, 3.05) is 11.4 Å². The van der Waals surface area contributed by atoms with E-state index in [-0.39, 0.29) is 24.2 Å². The van der Waals surface area contributed by atoms with E-state index in [1.54, 1.807) is 13.0 Å². The monoisotopic (exact) mass is 548 g/mol. The van der Waals surface area contributed by atoms with Crippen molar-refractivity contribution >= 4 is 17.5 Å². The molecule has 4 atom stereocenters. The predicted molar refractivity (Wildman–Crippen MR) is 131 cm³/mol. The largest absolute Gasteiger partial charge is 0.573 e. The van der Waals surface area contributed by atoms with Gasteiger partial charge in [-0.1, -0.05) is 19.1 Å². The Kier molecular flexibility index (Phi) is 7.84. The Labute approximate surface area is 221 Å². The number of hydrogen-bond acceptors (Lipinski definition) is 5. The van der Waals surface area contributed by atoms with Crippen molar-refractivity contribution in [2.45, 2.75) is 38.3 Å². The Morgan fingerprint density at radius 2 is 1.72 bits per heavy atom. The summed E-state index contributed by atoms with van der Waals surface area (Å²) in [4.78, 5) is 36.5. The van der Waals surface area contributed by atoms with Crippen LogP contribution in [0.2, 0.25) is 0 Å². The number of alkyl halides is 4. The van der Waals surface area contributed by atoms with Crippen LogP contribution in [0.4, 0.5) is 27.6 Å². The quantitative estimate of drug-likeness (QED) is 0.391. The van der Waals surface area contributed by atoms with Gasteiger partial charge in [0.25, 0.3) is 5.91 Å². The van der Waals surface area contributed by atoms with E-state index >= 15 is 0 Å². The number of hydrogen-bond donors (Lipinski definition) is 1. The molecule has 1 saturated carbocycles. The smallest absolute Gasteiger partial charge is 0.406 e. The second-order valence-electron chi connectivity index (χ2n) is 9.38. The lowest BCUT2D eigenvalue weighted by Crippen LogP contribution is -2.58. The molecule has 1 aliphatic carbocycles. The topological polar surface area (TPSA) is 84.4 Å². The van der Waals surface area contributed by atoms with Gasteiger partial charge in [0, 0.05) is 36.1 Å². The highest BCUT2D eigenvalue weighted by Crippen LogP contribution is 2.46. The predicted octanol–water partition coefficient (Wildman–Crippen LogP) is 4.73. The van der Waals surface area contributed by atoms with Crippen molar-refractivity contribution in [2.24, 2.45) is 11.8 Å². The highest BCUT2D eigenvalue weighted by molar-refractivity contribution is 6.06. The summed E-state index contributed by atoms with van der Waals surface area (Å²) >= 11 is 0. The van der Waals surface area contributed by atoms with Crippen molar-refractivity contribution in [1.29, 1.82) is 0 Å². The van der Waals surface area contributed by atoms with E-state index in [1.165, 1.54) is 56.0 Å². The molecule has 3 aromatic rings. The Hall–Kier alpha value is -4.09. The summed E-state index contributed by atoms with van der Waals surface area (Å²) in [6, 6.07) is 10.2. The first-order chi connectivity index (χ1) is 18.4. The Morgan fingerprint density at radius 1 is 1.08 bits per heavy atom. The SMILES string of the molecule is C[C@@H]1[C@@H](F)[C@H]1C(=O)N(c1ccc(OC(F)(F)F)cc1)[C@@](C)(C(=O)NCCc1cccc(F)c1)c1cncnc1. The first-order valence-corrected chi connectivity index (χ1v) is 12.0. The second-order valence-corrected chi connectivity index (χ2v) is 9.38. The maximum absolute atomic E-state index is 14.4. The molecule has 39 heavy (non-hydrogen) atoms. The average molecular weight is 549 g/mol. The fraction of sp³-hybridized carbons (Fsp3) is 0.333. The van der Waals surface area contributed by atoms with Gasteiger partial charge >= 0.3 is 6.36 Å². The maximum Gasteiger partial charge on any atom is 0.573 e. The Balaban J connectivity index is 1.71. The number of anilines is 1. The van der Waals surface area contributed by atoms with Gasteiger partial charge in [0.15, 0.2) is 5.54 Å². The third-order valence-electron chi connectivity index (χ3n) is 6.71. The molecular weight excluding hydrogens is 523 g/mol. The van der Waals surface area contributed by atoms with Gasteiger partial charge in [-0.25, -0.2) is 18.7 Å². The minimum atomic E-state index is -4.93. The van der Waals surface area contributed by atoms with E-state index in [0.29, 0.717) is 5.56 Å². The maximum atomic E-state index is 14.4. The zero-order valence-corrected chi connectivity index (χ0v) is 21.0. The molecule has 0 spiro atoms. The van der Waals surface area contributed by atoms with Crippen molar-refractivity contribution in [3.63, 3.8) is 0 Å². The third kappa shape index (κ3) is 6.15. The molecule has 1 heterocycles. The number of benzene rings is 2. The number of ether oxygens (including phenoxy) is 1. The minimum Gasteiger partial charge on any atom is -0.406 e. The molecule has 0 radical (unpaired) electrons. The van der Waals surface area contributed by atoms with Gasteiger partial charge in [-0.3, -0.25) is 14.5 Å². The van der Waals surface area contributed by atoms with E-state index in [4.69, 9.17) is 0 Å². The normalized spacial score (nSPS) is 20.0. The van der Waals surface area contributed by atoms with Crippen molar-refractivity contribution in [1.82, 2.24) is 15.3 Å². The van der Waals surface area contributed by atoms with Gasteiger partial charge in [0.2, 0.25) is 5.91 Å². The Morgan fingerprint density at radius 3 is 2.28 bits per heavy atom. The molecule has 1 aliphatic rings. The van der Waals surface area contributed by atoms with Gasteiger partial charge in [-0.15, -0.1) is 13.2 Å². The van der Waals surface area contributed by atoms with Gasteiger partial charge in [-0.2, -0.15) is 0 Å². The molecule has 0 bridgehead atoms. The summed E-state index contributed by atoms with van der Waals surface area (Å²) in [5.74, 6) is -4.04. The van der Waals surface area contributed by atoms with Crippen LogP contribution in [0.1, 0.15) is 25.0 Å². The summed E-state index contributed by atoms with van der Waals surface area (Å²) in [5.41, 5.74) is -0.997. The summed E-state index contributed by atoms with van der Waals surface area (Å²) in [6.45, 7) is 3.03. The van der Waals surface area contributed by atoms with Gasteiger partial charge in [-0.05, 0) is 55.3 Å². The highest BCUT2D eigenvalue weighted by Gasteiger charge is 2.58. The molecule has 2 amide bonds. The molecule has 4 rings (SSSR count). The van der Waals surface area contributed by atoms with Crippen LogP contribution in [0.3, 0.4) is 0 Å². The molecule has 1 aromatic heterocycles. The molecule has 0 saturated heterocycles. The summed E-state index contributed by atoms with van der Waals surface area (Å²) in [5, 5.41) is 2.74. The van der Waals surface area contributed by atoms with E-state index in [1.807, 2.05) is 0 Å². The van der Waals surface area contributed by atoms with Crippen LogP contribution in [-0.4, -0.2) is 40.9 Å². The first-order valence-electron chi connectivity index (χ1n) is 12.0. The molecule has 0 aliphatic heterocycles. The fourth-order valence-corrected chi connectivity index (χ4v) is 4.42. The molecule has 1 fully saturated rings. The van der Waals surface area contributed by atoms with Crippen LogP contribution in [0.25, 0.3) is 0 Å². The zero-order valence-electron chi connectivity index (χ0n) is 21.0. The molecule has 206 valence electrons. The fourth-order valence-electron chi connectivity index (χ4n) is 4.42. The number of carbonyl (C=O) groups excluding carboxylic acids is 2. The molecule has 7 nitrogen and oxygen atoms in total. The van der Waals surface area contributed by atoms with E-state index < -0.39 is 53.3 Å². The molecular formula is C27H25F5N4O3. The summed E-state index contributed by atoms with van der Waals surface area (Å²) < 4.78 is 70.0. The number of nitrogens with zero attached hydrogens (tertiary/aromatic N) is 3. The summed E-state index contributed by atoms with van der Waals surface area (Å²) in [6.07, 6.45) is -2.23. The van der Waals surface area contributed by atoms with Crippen LogP contribution in [0.15, 0.2) is 67.3 Å². The molecule has 2 aromatic carbocycles. The highest BCUT2D eigenvalue weighted by atomic mass is 19.4. The van der Waals surface area contributed by atoms with Crippen LogP contribution in [-0.2, 0) is 21.5 Å². The van der Waals surface area contributed by atoms with Crippen molar-refractivity contribution in [3.05, 3.63) is 84.2 Å². The van der Waals surface area contributed by atoms with Crippen LogP contribution >= 0.6 is 0 Å². The number of carbonyl (C=O) groups is 2. The summed E-state index contributed by atoms with van der Waals surface area (Å²) in [7, 11) is 0. The number of halogens is 5. The number of rotatable bonds is 9. The Bertz CT molecular complexity index is 1320. The third-order valence-corrected chi connectivity index (χ3v) is 6.71. The van der Waals surface area contributed by atoms with E-state index in [0.717, 1.165) is 17.0 Å². The van der Waals surface area contributed by atoms with E-state index in [2.05, 4.69) is 20.0 Å². The lowest BCUT2D eigenvalue weighted by molar-refractivity contribution is -0.274.